The number of nitrogens with zero attached hydrogens (tertiary/aromatic N) is 3. The summed E-state index contributed by atoms with van der Waals surface area (Å²) in [6.07, 6.45) is 0.418. The second-order valence-corrected chi connectivity index (χ2v) is 10.9. The highest BCUT2D eigenvalue weighted by Crippen LogP contribution is 2.39. The molecule has 2 heterocycles. The second kappa shape index (κ2) is 9.60. The molecule has 1 fully saturated rings. The molecule has 166 valence electrons. The van der Waals surface area contributed by atoms with Crippen LogP contribution in [0, 0.1) is 0 Å². The quantitative estimate of drug-likeness (QED) is 0.714. The molecule has 4 rings (SSSR count). The first-order chi connectivity index (χ1) is 14.9. The van der Waals surface area contributed by atoms with Crippen molar-refractivity contribution in [3.8, 4) is 0 Å². The first-order valence-corrected chi connectivity index (χ1v) is 12.9. The number of amides is 1. The van der Waals surface area contributed by atoms with Gasteiger partial charge in [-0.25, -0.2) is 8.42 Å². The number of fused-ring (bicyclic) bond motifs is 1. The van der Waals surface area contributed by atoms with E-state index in [1.807, 2.05) is 12.1 Å². The number of benzene rings is 2. The lowest BCUT2D eigenvalue weighted by Gasteiger charge is -2.32. The van der Waals surface area contributed by atoms with Crippen LogP contribution in [-0.2, 0) is 14.8 Å². The van der Waals surface area contributed by atoms with Gasteiger partial charge in [0.1, 0.15) is 0 Å². The predicted octanol–water partition coefficient (Wildman–Crippen LogP) is 2.56. The molecule has 31 heavy (non-hydrogen) atoms. The van der Waals surface area contributed by atoms with Gasteiger partial charge in [0.25, 0.3) is 10.0 Å². The van der Waals surface area contributed by atoms with Crippen LogP contribution in [0.15, 0.2) is 58.3 Å². The highest BCUT2D eigenvalue weighted by Gasteiger charge is 2.29. The Labute approximate surface area is 188 Å². The van der Waals surface area contributed by atoms with Gasteiger partial charge in [-0.3, -0.25) is 9.10 Å². The van der Waals surface area contributed by atoms with Gasteiger partial charge < -0.3 is 15.1 Å². The number of anilines is 2. The van der Waals surface area contributed by atoms with Crippen LogP contribution in [0.4, 0.5) is 11.4 Å². The van der Waals surface area contributed by atoms with Gasteiger partial charge >= 0.3 is 0 Å². The fourth-order valence-electron chi connectivity index (χ4n) is 3.80. The molecule has 2 aliphatic heterocycles. The Morgan fingerprint density at radius 2 is 1.77 bits per heavy atom. The number of hydrogen-bond acceptors (Lipinski definition) is 6. The average Bonchev–Trinajstić information content (AvgIpc) is 2.79. The smallest absolute Gasteiger partial charge is 0.264 e. The van der Waals surface area contributed by atoms with Crippen molar-refractivity contribution in [2.24, 2.45) is 0 Å². The Morgan fingerprint density at radius 1 is 1.03 bits per heavy atom. The van der Waals surface area contributed by atoms with Crippen LogP contribution in [-0.4, -0.2) is 76.2 Å². The van der Waals surface area contributed by atoms with Crippen molar-refractivity contribution < 1.29 is 13.2 Å². The lowest BCUT2D eigenvalue weighted by molar-refractivity contribution is -0.116. The van der Waals surface area contributed by atoms with Gasteiger partial charge in [-0.1, -0.05) is 18.2 Å². The molecule has 0 radical (unpaired) electrons. The van der Waals surface area contributed by atoms with E-state index in [1.54, 1.807) is 48.2 Å². The first kappa shape index (κ1) is 22.1. The van der Waals surface area contributed by atoms with E-state index in [2.05, 4.69) is 22.2 Å². The van der Waals surface area contributed by atoms with E-state index in [9.17, 15) is 13.2 Å². The van der Waals surface area contributed by atoms with E-state index in [0.29, 0.717) is 30.1 Å². The fourth-order valence-corrected chi connectivity index (χ4v) is 6.44. The van der Waals surface area contributed by atoms with Crippen molar-refractivity contribution in [3.63, 3.8) is 0 Å². The minimum atomic E-state index is -3.65. The normalized spacial score (nSPS) is 17.9. The van der Waals surface area contributed by atoms with E-state index in [-0.39, 0.29) is 10.8 Å². The van der Waals surface area contributed by atoms with E-state index >= 15 is 0 Å². The van der Waals surface area contributed by atoms with Crippen LogP contribution in [0.1, 0.15) is 6.42 Å². The molecule has 0 aliphatic carbocycles. The summed E-state index contributed by atoms with van der Waals surface area (Å²) in [6.45, 7) is 5.13. The van der Waals surface area contributed by atoms with Crippen molar-refractivity contribution in [3.05, 3.63) is 48.5 Å². The third kappa shape index (κ3) is 5.23. The molecule has 1 saturated heterocycles. The van der Waals surface area contributed by atoms with Gasteiger partial charge in [-0.15, -0.1) is 11.8 Å². The second-order valence-electron chi connectivity index (χ2n) is 7.86. The standard InChI is InChI=1S/C22H28N4O3S2/c1-24-11-13-25(14-12-24)10-9-22(27)23-18-7-8-21-20(17-18)26(15-16-30-21)31(28,29)19-5-3-2-4-6-19/h2-8,17H,9-16H2,1H3,(H,23,27). The van der Waals surface area contributed by atoms with Gasteiger partial charge in [0.05, 0.1) is 10.6 Å². The molecular formula is C22H28N4O3S2. The third-order valence-electron chi connectivity index (χ3n) is 5.65. The monoisotopic (exact) mass is 460 g/mol. The molecule has 7 nitrogen and oxygen atoms in total. The van der Waals surface area contributed by atoms with Gasteiger partial charge in [-0.2, -0.15) is 0 Å². The summed E-state index contributed by atoms with van der Waals surface area (Å²) in [7, 11) is -1.54. The Kier molecular flexibility index (Phi) is 6.86. The maximum absolute atomic E-state index is 13.2. The largest absolute Gasteiger partial charge is 0.326 e. The third-order valence-corrected chi connectivity index (χ3v) is 8.52. The Hall–Kier alpha value is -2.07. The van der Waals surface area contributed by atoms with Crippen LogP contribution < -0.4 is 9.62 Å². The van der Waals surface area contributed by atoms with Crippen LogP contribution in [0.25, 0.3) is 0 Å². The lowest BCUT2D eigenvalue weighted by Crippen LogP contribution is -2.45. The number of hydrogen-bond donors (Lipinski definition) is 1. The molecule has 0 atom stereocenters. The summed E-state index contributed by atoms with van der Waals surface area (Å²) >= 11 is 1.63. The highest BCUT2D eigenvalue weighted by atomic mass is 32.2. The van der Waals surface area contributed by atoms with Crippen LogP contribution in [0.2, 0.25) is 0 Å². The van der Waals surface area contributed by atoms with Crippen LogP contribution in [0.3, 0.4) is 0 Å². The van der Waals surface area contributed by atoms with Gasteiger partial charge in [-0.05, 0) is 37.4 Å². The van der Waals surface area contributed by atoms with E-state index in [1.165, 1.54) is 4.31 Å². The van der Waals surface area contributed by atoms with Crippen molar-refractivity contribution in [2.75, 3.05) is 61.7 Å². The number of carbonyl (C=O) groups excluding carboxylic acids is 1. The molecule has 9 heteroatoms. The molecule has 0 aromatic heterocycles. The summed E-state index contributed by atoms with van der Waals surface area (Å²) in [4.78, 5) is 18.3. The lowest BCUT2D eigenvalue weighted by atomic mass is 10.2. The number of piperazine rings is 1. The van der Waals surface area contributed by atoms with Gasteiger partial charge in [0.2, 0.25) is 5.91 Å². The highest BCUT2D eigenvalue weighted by molar-refractivity contribution is 8.00. The topological polar surface area (TPSA) is 73.0 Å². The van der Waals surface area contributed by atoms with E-state index < -0.39 is 10.0 Å². The number of likely N-dealkylation sites (N-methyl/N-ethyl adjacent to an activating group) is 1. The van der Waals surface area contributed by atoms with E-state index in [4.69, 9.17) is 0 Å². The number of rotatable bonds is 6. The average molecular weight is 461 g/mol. The minimum Gasteiger partial charge on any atom is -0.326 e. The summed E-state index contributed by atoms with van der Waals surface area (Å²) in [5.74, 6) is 0.635. The minimum absolute atomic E-state index is 0.0557. The molecule has 1 N–H and O–H groups in total. The Balaban J connectivity index is 1.46. The molecule has 2 aliphatic rings. The molecule has 0 unspecified atom stereocenters. The van der Waals surface area contributed by atoms with Crippen molar-refractivity contribution in [1.82, 2.24) is 9.80 Å². The molecule has 2 aromatic carbocycles. The zero-order valence-electron chi connectivity index (χ0n) is 17.7. The van der Waals surface area contributed by atoms with Gasteiger partial charge in [0.15, 0.2) is 0 Å². The molecular weight excluding hydrogens is 432 g/mol. The fraction of sp³-hybridized carbons (Fsp3) is 0.409. The molecule has 0 bridgehead atoms. The molecule has 0 saturated carbocycles. The van der Waals surface area contributed by atoms with Crippen LogP contribution >= 0.6 is 11.8 Å². The van der Waals surface area contributed by atoms with Crippen molar-refractivity contribution in [1.29, 1.82) is 0 Å². The number of nitrogens with one attached hydrogen (secondary N) is 1. The Bertz CT molecular complexity index is 1020. The molecule has 0 spiro atoms. The van der Waals surface area contributed by atoms with Gasteiger partial charge in [0, 0.05) is 62.0 Å². The van der Waals surface area contributed by atoms with E-state index in [0.717, 1.165) is 37.6 Å². The zero-order valence-corrected chi connectivity index (χ0v) is 19.3. The number of thioether (sulfide) groups is 1. The molecule has 2 aromatic rings. The summed E-state index contributed by atoms with van der Waals surface area (Å²) in [5.41, 5.74) is 1.25. The molecule has 1 amide bonds. The summed E-state index contributed by atoms with van der Waals surface area (Å²) < 4.78 is 27.9. The van der Waals surface area contributed by atoms with Crippen molar-refractivity contribution in [2.45, 2.75) is 16.2 Å². The zero-order chi connectivity index (χ0) is 21.8. The first-order valence-electron chi connectivity index (χ1n) is 10.5. The number of carbonyl (C=O) groups is 1. The van der Waals surface area contributed by atoms with Crippen LogP contribution in [0.5, 0.6) is 0 Å². The number of sulfonamides is 1. The maximum atomic E-state index is 13.2. The predicted molar refractivity (Wildman–Crippen MR) is 125 cm³/mol. The Morgan fingerprint density at radius 3 is 2.52 bits per heavy atom. The maximum Gasteiger partial charge on any atom is 0.264 e. The summed E-state index contributed by atoms with van der Waals surface area (Å²) in [6, 6.07) is 14.0. The van der Waals surface area contributed by atoms with Crippen molar-refractivity contribution >= 4 is 39.1 Å². The summed E-state index contributed by atoms with van der Waals surface area (Å²) in [5, 5.41) is 2.95. The SMILES string of the molecule is CN1CCN(CCC(=O)Nc2ccc3c(c2)N(S(=O)(=O)c2ccccc2)CCS3)CC1.